The molecule has 7 nitrogen and oxygen atoms in total. The number of amides is 4. The molecule has 3 rings (SSSR count). The first-order chi connectivity index (χ1) is 14.4. The van der Waals surface area contributed by atoms with Crippen LogP contribution in [0.5, 0.6) is 0 Å². The number of hydrogen-bond donors (Lipinski definition) is 2. The number of carbonyl (C=O) groups is 4. The van der Waals surface area contributed by atoms with Crippen molar-refractivity contribution in [1.82, 2.24) is 15.5 Å². The van der Waals surface area contributed by atoms with Crippen molar-refractivity contribution in [3.05, 3.63) is 63.2 Å². The molecule has 9 heteroatoms. The SMILES string of the molecule is CC(=O)NC(CC(=O)NCCN1C(=O)SC(=Cc2cccs2)C1=O)c1ccccc1. The van der Waals surface area contributed by atoms with E-state index in [4.69, 9.17) is 0 Å². The van der Waals surface area contributed by atoms with Crippen molar-refractivity contribution < 1.29 is 19.2 Å². The lowest BCUT2D eigenvalue weighted by atomic mass is 10.0. The molecular formula is C21H21N3O4S2. The molecule has 1 unspecified atom stereocenters. The van der Waals surface area contributed by atoms with Crippen LogP contribution >= 0.6 is 23.1 Å². The van der Waals surface area contributed by atoms with E-state index < -0.39 is 6.04 Å². The van der Waals surface area contributed by atoms with Crippen molar-refractivity contribution in [2.45, 2.75) is 19.4 Å². The van der Waals surface area contributed by atoms with Gasteiger partial charge in [-0.05, 0) is 34.8 Å². The Kier molecular flexibility index (Phi) is 7.42. The van der Waals surface area contributed by atoms with Gasteiger partial charge in [-0.2, -0.15) is 0 Å². The molecule has 0 bridgehead atoms. The van der Waals surface area contributed by atoms with Gasteiger partial charge in [0.25, 0.3) is 11.1 Å². The van der Waals surface area contributed by atoms with Gasteiger partial charge in [-0.1, -0.05) is 36.4 Å². The van der Waals surface area contributed by atoms with Crippen LogP contribution in [-0.2, 0) is 14.4 Å². The van der Waals surface area contributed by atoms with E-state index in [0.29, 0.717) is 4.91 Å². The molecule has 1 atom stereocenters. The van der Waals surface area contributed by atoms with Crippen molar-refractivity contribution in [3.63, 3.8) is 0 Å². The topological polar surface area (TPSA) is 95.6 Å². The maximum absolute atomic E-state index is 12.5. The van der Waals surface area contributed by atoms with Gasteiger partial charge >= 0.3 is 0 Å². The number of nitrogens with one attached hydrogen (secondary N) is 2. The molecule has 1 aromatic heterocycles. The minimum Gasteiger partial charge on any atom is -0.354 e. The van der Waals surface area contributed by atoms with E-state index in [1.54, 1.807) is 6.08 Å². The fourth-order valence-electron chi connectivity index (χ4n) is 2.94. The predicted octanol–water partition coefficient (Wildman–Crippen LogP) is 3.17. The van der Waals surface area contributed by atoms with Gasteiger partial charge in [0.15, 0.2) is 0 Å². The largest absolute Gasteiger partial charge is 0.354 e. The summed E-state index contributed by atoms with van der Waals surface area (Å²) >= 11 is 2.38. The lowest BCUT2D eigenvalue weighted by Gasteiger charge is -2.18. The summed E-state index contributed by atoms with van der Waals surface area (Å²) in [5.41, 5.74) is 0.826. The molecule has 2 heterocycles. The Balaban J connectivity index is 1.52. The van der Waals surface area contributed by atoms with Crippen LogP contribution in [0, 0.1) is 0 Å². The lowest BCUT2D eigenvalue weighted by Crippen LogP contribution is -2.38. The first kappa shape index (κ1) is 21.8. The van der Waals surface area contributed by atoms with Gasteiger partial charge in [-0.15, -0.1) is 11.3 Å². The molecule has 0 saturated carbocycles. The Morgan fingerprint density at radius 1 is 1.13 bits per heavy atom. The molecule has 1 aliphatic heterocycles. The molecule has 1 saturated heterocycles. The standard InChI is InChI=1S/C21H21N3O4S2/c1-14(25)23-17(15-6-3-2-4-7-15)13-19(26)22-9-10-24-20(27)18(30-21(24)28)12-16-8-5-11-29-16/h2-8,11-12,17H,9-10,13H2,1H3,(H,22,26)(H,23,25). The van der Waals surface area contributed by atoms with E-state index in [1.807, 2.05) is 47.8 Å². The first-order valence-corrected chi connectivity index (χ1v) is 11.0. The van der Waals surface area contributed by atoms with Crippen LogP contribution < -0.4 is 10.6 Å². The van der Waals surface area contributed by atoms with Crippen LogP contribution in [0.2, 0.25) is 0 Å². The fraction of sp³-hybridized carbons (Fsp3) is 0.238. The van der Waals surface area contributed by atoms with Gasteiger partial charge in [0, 0.05) is 24.9 Å². The van der Waals surface area contributed by atoms with E-state index in [-0.39, 0.29) is 42.5 Å². The molecule has 30 heavy (non-hydrogen) atoms. The van der Waals surface area contributed by atoms with E-state index in [2.05, 4.69) is 10.6 Å². The van der Waals surface area contributed by atoms with Gasteiger partial charge in [0.1, 0.15) is 0 Å². The molecule has 0 spiro atoms. The Morgan fingerprint density at radius 2 is 1.90 bits per heavy atom. The maximum Gasteiger partial charge on any atom is 0.293 e. The first-order valence-electron chi connectivity index (χ1n) is 9.31. The smallest absolute Gasteiger partial charge is 0.293 e. The number of imide groups is 1. The van der Waals surface area contributed by atoms with Crippen molar-refractivity contribution in [1.29, 1.82) is 0 Å². The quantitative estimate of drug-likeness (QED) is 0.611. The van der Waals surface area contributed by atoms with E-state index in [9.17, 15) is 19.2 Å². The minimum atomic E-state index is -0.449. The van der Waals surface area contributed by atoms with Gasteiger partial charge in [0.05, 0.1) is 17.4 Å². The van der Waals surface area contributed by atoms with Crippen LogP contribution in [0.25, 0.3) is 6.08 Å². The molecule has 2 N–H and O–H groups in total. The number of carbonyl (C=O) groups excluding carboxylic acids is 4. The van der Waals surface area contributed by atoms with Crippen molar-refractivity contribution >= 4 is 52.1 Å². The number of hydrogen-bond acceptors (Lipinski definition) is 6. The van der Waals surface area contributed by atoms with Gasteiger partial charge in [-0.3, -0.25) is 24.1 Å². The highest BCUT2D eigenvalue weighted by atomic mass is 32.2. The van der Waals surface area contributed by atoms with Crippen LogP contribution in [0.15, 0.2) is 52.7 Å². The highest BCUT2D eigenvalue weighted by Crippen LogP contribution is 2.32. The summed E-state index contributed by atoms with van der Waals surface area (Å²) in [6.07, 6.45) is 1.76. The lowest BCUT2D eigenvalue weighted by molar-refractivity contribution is -0.125. The summed E-state index contributed by atoms with van der Waals surface area (Å²) in [6.45, 7) is 1.64. The summed E-state index contributed by atoms with van der Waals surface area (Å²) in [5.74, 6) is -0.862. The highest BCUT2D eigenvalue weighted by molar-refractivity contribution is 8.18. The summed E-state index contributed by atoms with van der Waals surface area (Å²) in [6, 6.07) is 12.5. The molecule has 1 aliphatic rings. The number of thioether (sulfide) groups is 1. The third kappa shape index (κ3) is 5.80. The highest BCUT2D eigenvalue weighted by Gasteiger charge is 2.34. The third-order valence-corrected chi connectivity index (χ3v) is 6.04. The van der Waals surface area contributed by atoms with Gasteiger partial charge in [-0.25, -0.2) is 0 Å². The summed E-state index contributed by atoms with van der Waals surface area (Å²) in [5, 5.41) is 7.04. The zero-order valence-corrected chi connectivity index (χ0v) is 17.9. The number of nitrogens with zero attached hydrogens (tertiary/aromatic N) is 1. The van der Waals surface area contributed by atoms with Crippen LogP contribution in [0.4, 0.5) is 4.79 Å². The Bertz CT molecular complexity index is 958. The van der Waals surface area contributed by atoms with Crippen LogP contribution in [0.3, 0.4) is 0 Å². The summed E-state index contributed by atoms with van der Waals surface area (Å²) in [7, 11) is 0. The normalized spacial score (nSPS) is 16.0. The second kappa shape index (κ2) is 10.2. The van der Waals surface area contributed by atoms with Crippen molar-refractivity contribution in [2.75, 3.05) is 13.1 Å². The fourth-order valence-corrected chi connectivity index (χ4v) is 4.53. The third-order valence-electron chi connectivity index (χ3n) is 4.32. The van der Waals surface area contributed by atoms with Crippen molar-refractivity contribution in [3.8, 4) is 0 Å². The number of rotatable bonds is 8. The molecule has 4 amide bonds. The second-order valence-corrected chi connectivity index (χ2v) is 8.54. The Morgan fingerprint density at radius 3 is 2.57 bits per heavy atom. The van der Waals surface area contributed by atoms with Crippen LogP contribution in [0.1, 0.15) is 29.8 Å². The number of benzene rings is 1. The molecule has 2 aromatic rings. The zero-order valence-electron chi connectivity index (χ0n) is 16.3. The monoisotopic (exact) mass is 443 g/mol. The minimum absolute atomic E-state index is 0.0593. The van der Waals surface area contributed by atoms with E-state index in [1.165, 1.54) is 18.3 Å². The Hall–Kier alpha value is -2.91. The van der Waals surface area contributed by atoms with Gasteiger partial charge in [0.2, 0.25) is 11.8 Å². The number of thiophene rings is 1. The van der Waals surface area contributed by atoms with Crippen molar-refractivity contribution in [2.24, 2.45) is 0 Å². The predicted molar refractivity (Wildman–Crippen MR) is 118 cm³/mol. The van der Waals surface area contributed by atoms with E-state index in [0.717, 1.165) is 27.1 Å². The average Bonchev–Trinajstić information content (AvgIpc) is 3.31. The Labute approximate surface area is 182 Å². The molecule has 156 valence electrons. The van der Waals surface area contributed by atoms with E-state index >= 15 is 0 Å². The molecular weight excluding hydrogens is 422 g/mol. The molecule has 0 aliphatic carbocycles. The average molecular weight is 444 g/mol. The zero-order chi connectivity index (χ0) is 21.5. The maximum atomic E-state index is 12.5. The molecule has 1 aromatic carbocycles. The summed E-state index contributed by atoms with van der Waals surface area (Å²) in [4.78, 5) is 50.9. The van der Waals surface area contributed by atoms with Gasteiger partial charge < -0.3 is 10.6 Å². The molecule has 1 fully saturated rings. The summed E-state index contributed by atoms with van der Waals surface area (Å²) < 4.78 is 0. The van der Waals surface area contributed by atoms with Crippen LogP contribution in [-0.4, -0.2) is 41.0 Å². The molecule has 0 radical (unpaired) electrons. The second-order valence-electron chi connectivity index (χ2n) is 6.57.